The van der Waals surface area contributed by atoms with Crippen LogP contribution in [0, 0.1) is 94.7 Å². The van der Waals surface area contributed by atoms with Crippen LogP contribution in [-0.2, 0) is 47.3 Å². The van der Waals surface area contributed by atoms with E-state index in [0.29, 0.717) is 171 Å². The lowest BCUT2D eigenvalue weighted by Gasteiger charge is -2.27. The molecule has 0 unspecified atom stereocenters. The minimum Gasteiger partial charge on any atom is -0.494 e. The van der Waals surface area contributed by atoms with Gasteiger partial charge in [-0.15, -0.1) is 0 Å². The minimum atomic E-state index is -3.91. The van der Waals surface area contributed by atoms with Gasteiger partial charge in [-0.25, -0.2) is 0 Å². The standard InChI is InChI=1S/C113H94O14P2/c1-5-120-110(114)13-9-81-124-102-65-49-94(50-66-102)41-33-86-17-25-90(26-18-86)37-45-98-57-73-106(74-58-98)128(118,107-75-59-99(60-76-107)46-38-91-27-19-87(20-28-91)34-42-95-51-67-103(68-52-95)125-82-10-14-111(115)121-6-2)85-129(119,108-77-61-100(62-78-108)47-39-92-29-21-88(22-30-92)35-43-96-53-69-104(70-54-96)126-83-11-15-112(116)122-7-3)109-79-63-101(64-80-109)48-40-93-31-23-89(24-32-93)36-44-97-55-71-105(72-56-97)127-84-12-16-113(117)123-8-4/h17-32,49-80H,5-16,81-85H2,1-4H3. The first kappa shape index (κ1) is 92.8. The third-order valence-electron chi connectivity index (χ3n) is 19.7. The molecule has 0 heterocycles. The molecule has 16 heteroatoms. The van der Waals surface area contributed by atoms with Crippen molar-refractivity contribution in [2.75, 3.05) is 58.8 Å². The lowest BCUT2D eigenvalue weighted by atomic mass is 10.1. The second-order valence-corrected chi connectivity index (χ2v) is 35.4. The average Bonchev–Trinajstić information content (AvgIpc) is 0.747. The summed E-state index contributed by atoms with van der Waals surface area (Å²) in [5.74, 6) is 53.7. The molecule has 0 saturated heterocycles. The highest BCUT2D eigenvalue weighted by Crippen LogP contribution is 2.59. The second-order valence-electron chi connectivity index (χ2n) is 29.2. The van der Waals surface area contributed by atoms with Crippen molar-refractivity contribution in [3.63, 3.8) is 0 Å². The Morgan fingerprint density at radius 2 is 0.326 bits per heavy atom. The predicted molar refractivity (Wildman–Crippen MR) is 509 cm³/mol. The van der Waals surface area contributed by atoms with Crippen LogP contribution in [0.2, 0.25) is 0 Å². The quantitative estimate of drug-likeness (QED) is 0.0137. The van der Waals surface area contributed by atoms with E-state index in [1.54, 1.807) is 27.7 Å². The van der Waals surface area contributed by atoms with Gasteiger partial charge in [-0.05, 0) is 345 Å². The van der Waals surface area contributed by atoms with Crippen molar-refractivity contribution in [2.24, 2.45) is 0 Å². The van der Waals surface area contributed by atoms with E-state index in [1.165, 1.54) is 0 Å². The molecule has 0 aromatic heterocycles. The summed E-state index contributed by atoms with van der Waals surface area (Å²) in [6.07, 6.45) is 3.42. The Bertz CT molecular complexity index is 5700. The molecule has 12 rings (SSSR count). The number of ether oxygens (including phenoxy) is 8. The van der Waals surface area contributed by atoms with Gasteiger partial charge in [0, 0.05) is 136 Å². The van der Waals surface area contributed by atoms with Crippen molar-refractivity contribution >= 4 is 59.4 Å². The highest BCUT2D eigenvalue weighted by Gasteiger charge is 2.40. The fraction of sp³-hybridized carbons (Fsp3) is 0.186. The zero-order valence-corrected chi connectivity index (χ0v) is 74.1. The van der Waals surface area contributed by atoms with Gasteiger partial charge >= 0.3 is 23.9 Å². The van der Waals surface area contributed by atoms with E-state index in [-0.39, 0.29) is 29.8 Å². The van der Waals surface area contributed by atoms with Gasteiger partial charge in [0.05, 0.1) is 58.8 Å². The summed E-state index contributed by atoms with van der Waals surface area (Å²) in [5, 5.41) is 1.94. The predicted octanol–water partition coefficient (Wildman–Crippen LogP) is 19.1. The second kappa shape index (κ2) is 48.8. The van der Waals surface area contributed by atoms with Crippen LogP contribution in [0.4, 0.5) is 0 Å². The van der Waals surface area contributed by atoms with E-state index in [4.69, 9.17) is 37.9 Å². The normalized spacial score (nSPS) is 10.4. The highest BCUT2D eigenvalue weighted by atomic mass is 31.2. The van der Waals surface area contributed by atoms with Crippen LogP contribution in [0.1, 0.15) is 168 Å². The summed E-state index contributed by atoms with van der Waals surface area (Å²) < 4.78 is 77.3. The molecular weight excluding hydrogens is 1640 g/mol. The molecule has 0 aliphatic heterocycles. The van der Waals surface area contributed by atoms with Crippen molar-refractivity contribution in [3.05, 3.63) is 380 Å². The SMILES string of the molecule is CCOC(=O)CCCOc1ccc(C#Cc2ccc(C#Cc3ccc(P(=O)(CP(=O)(c4ccc(C#Cc5ccc(C#Cc6ccc(OCCCC(=O)OCC)cc6)cc5)cc4)c4ccc(C#Cc5ccc(C#Cc6ccc(OCCCC(=O)OCC)cc6)cc5)cc4)c4ccc(C#Cc5ccc(C#Cc6ccc(OCCCC(=O)OCC)cc6)cc5)cc4)cc3)cc2)cc1. The van der Waals surface area contributed by atoms with E-state index in [0.717, 1.165) is 66.8 Å². The fourth-order valence-electron chi connectivity index (χ4n) is 12.8. The van der Waals surface area contributed by atoms with Gasteiger partial charge in [0.15, 0.2) is 14.3 Å². The maximum Gasteiger partial charge on any atom is 0.305 e. The Labute approximate surface area is 756 Å². The minimum absolute atomic E-state index is 0.238. The van der Waals surface area contributed by atoms with E-state index in [2.05, 4.69) is 94.7 Å². The van der Waals surface area contributed by atoms with E-state index >= 15 is 9.13 Å². The number of carbonyl (C=O) groups is 4. The molecule has 0 bridgehead atoms. The van der Waals surface area contributed by atoms with E-state index in [9.17, 15) is 19.2 Å². The lowest BCUT2D eigenvalue weighted by molar-refractivity contribution is -0.144. The zero-order chi connectivity index (χ0) is 90.1. The molecule has 0 amide bonds. The van der Waals surface area contributed by atoms with Crippen molar-refractivity contribution in [1.29, 1.82) is 0 Å². The molecule has 0 N–H and O–H groups in total. The number of hydrogen-bond donors (Lipinski definition) is 0. The van der Waals surface area contributed by atoms with E-state index in [1.807, 2.05) is 291 Å². The molecule has 0 spiro atoms. The fourth-order valence-corrected chi connectivity index (χ4v) is 20.8. The third-order valence-corrected chi connectivity index (χ3v) is 27.4. The number of benzene rings is 12. The largest absolute Gasteiger partial charge is 0.494 e. The van der Waals surface area contributed by atoms with Crippen LogP contribution in [0.25, 0.3) is 0 Å². The summed E-state index contributed by atoms with van der Waals surface area (Å²) in [5.41, 5.74) is 12.2. The molecule has 0 aliphatic carbocycles. The van der Waals surface area contributed by atoms with Gasteiger partial charge in [0.1, 0.15) is 23.0 Å². The number of carbonyl (C=O) groups excluding carboxylic acids is 4. The Kier molecular flexibility index (Phi) is 35.1. The third kappa shape index (κ3) is 29.9. The first-order chi connectivity index (χ1) is 63.0. The van der Waals surface area contributed by atoms with Gasteiger partial charge < -0.3 is 47.0 Å². The van der Waals surface area contributed by atoms with Crippen molar-refractivity contribution < 1.29 is 66.2 Å². The van der Waals surface area contributed by atoms with Gasteiger partial charge in [-0.1, -0.05) is 94.7 Å². The number of hydrogen-bond acceptors (Lipinski definition) is 14. The molecule has 0 atom stereocenters. The molecule has 0 fully saturated rings. The van der Waals surface area contributed by atoms with Crippen LogP contribution in [0.5, 0.6) is 23.0 Å². The Morgan fingerprint density at radius 1 is 0.202 bits per heavy atom. The van der Waals surface area contributed by atoms with Crippen LogP contribution in [0.15, 0.2) is 291 Å². The maximum absolute atomic E-state index is 17.0. The first-order valence-corrected chi connectivity index (χ1v) is 46.5. The summed E-state index contributed by atoms with van der Waals surface area (Å²) in [6.45, 7) is 10.1. The zero-order valence-electron chi connectivity index (χ0n) is 72.3. The number of rotatable bonds is 30. The van der Waals surface area contributed by atoms with Crippen LogP contribution in [-0.4, -0.2) is 82.6 Å². The van der Waals surface area contributed by atoms with E-state index < -0.39 is 14.3 Å². The van der Waals surface area contributed by atoms with Crippen molar-refractivity contribution in [1.82, 2.24) is 0 Å². The summed E-state index contributed by atoms with van der Waals surface area (Å²) >= 11 is 0. The Morgan fingerprint density at radius 3 is 0.457 bits per heavy atom. The maximum atomic E-state index is 17.0. The summed E-state index contributed by atoms with van der Waals surface area (Å²) in [6, 6.07) is 90.1. The summed E-state index contributed by atoms with van der Waals surface area (Å²) in [4.78, 5) is 46.9. The molecule has 640 valence electrons. The molecule has 14 nitrogen and oxygen atoms in total. The Hall–Kier alpha value is -15.3. The topological polar surface area (TPSA) is 176 Å². The van der Waals surface area contributed by atoms with Gasteiger partial charge in [-0.3, -0.25) is 19.2 Å². The van der Waals surface area contributed by atoms with Crippen LogP contribution < -0.4 is 40.2 Å². The summed E-state index contributed by atoms with van der Waals surface area (Å²) in [7, 11) is -7.82. The molecule has 0 radical (unpaired) electrons. The highest BCUT2D eigenvalue weighted by molar-refractivity contribution is 7.94. The number of esters is 4. The Balaban J connectivity index is 0.804. The molecule has 12 aromatic carbocycles. The van der Waals surface area contributed by atoms with Gasteiger partial charge in [0.2, 0.25) is 0 Å². The molecule has 0 saturated carbocycles. The van der Waals surface area contributed by atoms with Crippen LogP contribution in [0.3, 0.4) is 0 Å². The lowest BCUT2D eigenvalue weighted by Crippen LogP contribution is -2.25. The van der Waals surface area contributed by atoms with Gasteiger partial charge in [0.25, 0.3) is 0 Å². The molecular formula is C113H94O14P2. The van der Waals surface area contributed by atoms with Crippen molar-refractivity contribution in [2.45, 2.75) is 79.1 Å². The van der Waals surface area contributed by atoms with Gasteiger partial charge in [-0.2, -0.15) is 0 Å². The molecule has 129 heavy (non-hydrogen) atoms. The monoisotopic (exact) mass is 1740 g/mol. The van der Waals surface area contributed by atoms with Crippen molar-refractivity contribution in [3.8, 4) is 118 Å². The molecule has 12 aromatic rings. The van der Waals surface area contributed by atoms with Crippen LogP contribution >= 0.6 is 14.3 Å². The first-order valence-electron chi connectivity index (χ1n) is 42.7. The average molecular weight is 1740 g/mol. The molecule has 0 aliphatic rings. The smallest absolute Gasteiger partial charge is 0.305 e.